The second-order valence-electron chi connectivity index (χ2n) is 8.54. The second kappa shape index (κ2) is 9.89. The molecule has 1 aliphatic rings. The quantitative estimate of drug-likeness (QED) is 0.347. The summed E-state index contributed by atoms with van der Waals surface area (Å²) in [5.41, 5.74) is 7.79. The Balaban J connectivity index is 1.56. The number of hydrogen-bond donors (Lipinski definition) is 2. The summed E-state index contributed by atoms with van der Waals surface area (Å²) in [6.45, 7) is 4.24. The molecule has 9 nitrogen and oxygen atoms in total. The highest BCUT2D eigenvalue weighted by atomic mass is 32.1. The molecule has 0 fully saturated rings. The number of aryl methyl sites for hydroxylation is 1. The Bertz CT molecular complexity index is 1600. The van der Waals surface area contributed by atoms with Gasteiger partial charge in [0.15, 0.2) is 0 Å². The van der Waals surface area contributed by atoms with Crippen LogP contribution in [0.25, 0.3) is 21.3 Å². The molecule has 0 bridgehead atoms. The summed E-state index contributed by atoms with van der Waals surface area (Å²) in [5, 5.41) is 11.2. The molecule has 13 heteroatoms. The fourth-order valence-corrected chi connectivity index (χ4v) is 5.31. The molecule has 3 aromatic heterocycles. The fraction of sp³-hybridized carbons (Fsp3) is 0.240. The number of rotatable bonds is 7. The van der Waals surface area contributed by atoms with E-state index in [9.17, 15) is 22.8 Å². The summed E-state index contributed by atoms with van der Waals surface area (Å²) in [5.74, 6) is -1.90. The van der Waals surface area contributed by atoms with Crippen LogP contribution in [0.4, 0.5) is 18.9 Å². The van der Waals surface area contributed by atoms with Crippen LogP contribution >= 0.6 is 11.3 Å². The molecule has 1 unspecified atom stereocenters. The molecule has 4 aromatic rings. The van der Waals surface area contributed by atoms with Gasteiger partial charge < -0.3 is 15.9 Å². The number of primary amides is 1. The van der Waals surface area contributed by atoms with Crippen molar-refractivity contribution in [2.75, 3.05) is 5.32 Å². The van der Waals surface area contributed by atoms with Crippen LogP contribution in [0.15, 0.2) is 41.7 Å². The van der Waals surface area contributed by atoms with Gasteiger partial charge in [-0.15, -0.1) is 11.3 Å². The largest absolute Gasteiger partial charge is 0.382 e. The number of thiophene rings is 1. The molecule has 1 aliphatic heterocycles. The first kappa shape index (κ1) is 25.4. The SMILES string of the molecule is CCn1ncc(-c2cc(C(F)F)nc3sc(C(N)=O)c(NC(=O)C4CC(c5ccc(F)cc5)=NO4)c23)c1C. The van der Waals surface area contributed by atoms with Gasteiger partial charge in [-0.3, -0.25) is 14.3 Å². The van der Waals surface area contributed by atoms with Crippen LogP contribution < -0.4 is 11.1 Å². The number of nitrogens with zero attached hydrogens (tertiary/aromatic N) is 4. The van der Waals surface area contributed by atoms with Gasteiger partial charge in [-0.25, -0.2) is 18.2 Å². The lowest BCUT2D eigenvalue weighted by Crippen LogP contribution is -2.29. The number of pyridine rings is 1. The lowest BCUT2D eigenvalue weighted by Gasteiger charge is -2.13. The number of nitrogens with two attached hydrogens (primary N) is 1. The maximum atomic E-state index is 13.8. The van der Waals surface area contributed by atoms with Gasteiger partial charge in [0.1, 0.15) is 21.2 Å². The minimum absolute atomic E-state index is 0.0493. The van der Waals surface area contributed by atoms with Gasteiger partial charge >= 0.3 is 0 Å². The van der Waals surface area contributed by atoms with Gasteiger partial charge in [-0.05, 0) is 43.2 Å². The van der Waals surface area contributed by atoms with Crippen LogP contribution in [0.5, 0.6) is 0 Å². The zero-order valence-corrected chi connectivity index (χ0v) is 21.0. The standard InChI is InChI=1S/C25H21F3N6O3S/c1-3-34-11(2)15(10-30-34)14-8-17(22(27)28)31-25-19(14)20(21(38-25)23(29)35)32-24(36)18-9-16(33-37-18)12-4-6-13(26)7-5-12/h4-8,10,18,22H,3,9H2,1-2H3,(H2,29,35)(H,32,36). The van der Waals surface area contributed by atoms with Crippen molar-refractivity contribution in [1.82, 2.24) is 14.8 Å². The highest BCUT2D eigenvalue weighted by Crippen LogP contribution is 2.43. The van der Waals surface area contributed by atoms with Gasteiger partial charge in [0.2, 0.25) is 6.10 Å². The smallest absolute Gasteiger partial charge is 0.280 e. The maximum absolute atomic E-state index is 13.8. The molecule has 196 valence electrons. The monoisotopic (exact) mass is 542 g/mol. The van der Waals surface area contributed by atoms with E-state index in [2.05, 4.69) is 20.6 Å². The number of nitrogens with one attached hydrogen (secondary N) is 1. The summed E-state index contributed by atoms with van der Waals surface area (Å²) >= 11 is 0.808. The van der Waals surface area contributed by atoms with E-state index in [-0.39, 0.29) is 27.2 Å². The van der Waals surface area contributed by atoms with E-state index in [1.165, 1.54) is 30.3 Å². The van der Waals surface area contributed by atoms with Crippen molar-refractivity contribution >= 4 is 44.8 Å². The lowest BCUT2D eigenvalue weighted by atomic mass is 10.0. The van der Waals surface area contributed by atoms with Crippen LogP contribution in [0.2, 0.25) is 0 Å². The molecule has 1 aromatic carbocycles. The van der Waals surface area contributed by atoms with Crippen LogP contribution in [0.1, 0.15) is 46.4 Å². The van der Waals surface area contributed by atoms with Crippen molar-refractivity contribution in [3.8, 4) is 11.1 Å². The third-order valence-electron chi connectivity index (χ3n) is 6.21. The number of halogens is 3. The Hall–Kier alpha value is -4.26. The maximum Gasteiger partial charge on any atom is 0.280 e. The molecule has 0 saturated carbocycles. The summed E-state index contributed by atoms with van der Waals surface area (Å²) in [6.07, 6.45) is -2.29. The number of benzene rings is 1. The summed E-state index contributed by atoms with van der Waals surface area (Å²) in [7, 11) is 0. The molecule has 0 radical (unpaired) electrons. The molecular weight excluding hydrogens is 521 g/mol. The normalized spacial score (nSPS) is 15.1. The van der Waals surface area contributed by atoms with Crippen molar-refractivity contribution in [2.24, 2.45) is 10.9 Å². The molecular formula is C25H21F3N6O3S. The average Bonchev–Trinajstić information content (AvgIpc) is 3.61. The molecule has 3 N–H and O–H groups in total. The van der Waals surface area contributed by atoms with E-state index in [0.717, 1.165) is 11.3 Å². The van der Waals surface area contributed by atoms with Crippen LogP contribution in [-0.4, -0.2) is 38.4 Å². The molecule has 0 aliphatic carbocycles. The first-order chi connectivity index (χ1) is 18.2. The third kappa shape index (κ3) is 4.49. The molecule has 0 saturated heterocycles. The van der Waals surface area contributed by atoms with Gasteiger partial charge in [-0.1, -0.05) is 17.3 Å². The number of amides is 2. The van der Waals surface area contributed by atoms with Crippen molar-refractivity contribution in [3.05, 3.63) is 64.2 Å². The van der Waals surface area contributed by atoms with Crippen LogP contribution in [0.3, 0.4) is 0 Å². The van der Waals surface area contributed by atoms with E-state index in [1.807, 2.05) is 6.92 Å². The molecule has 1 atom stereocenters. The number of carbonyl (C=O) groups is 2. The molecule has 38 heavy (non-hydrogen) atoms. The van der Waals surface area contributed by atoms with E-state index in [4.69, 9.17) is 10.6 Å². The van der Waals surface area contributed by atoms with Gasteiger partial charge in [0.05, 0.1) is 17.6 Å². The van der Waals surface area contributed by atoms with Crippen molar-refractivity contribution in [1.29, 1.82) is 0 Å². The minimum atomic E-state index is -2.87. The predicted octanol–water partition coefficient (Wildman–Crippen LogP) is 4.80. The number of carbonyl (C=O) groups excluding carboxylic acids is 2. The highest BCUT2D eigenvalue weighted by Gasteiger charge is 2.32. The summed E-state index contributed by atoms with van der Waals surface area (Å²) in [6, 6.07) is 6.81. The Morgan fingerprint density at radius 2 is 2.00 bits per heavy atom. The predicted molar refractivity (Wildman–Crippen MR) is 136 cm³/mol. The topological polar surface area (TPSA) is 124 Å². The number of hydrogen-bond acceptors (Lipinski definition) is 7. The summed E-state index contributed by atoms with van der Waals surface area (Å²) in [4.78, 5) is 35.0. The Morgan fingerprint density at radius 3 is 2.63 bits per heavy atom. The van der Waals surface area contributed by atoms with Crippen molar-refractivity contribution in [2.45, 2.75) is 39.3 Å². The van der Waals surface area contributed by atoms with Gasteiger partial charge in [0, 0.05) is 29.6 Å². The van der Waals surface area contributed by atoms with Crippen LogP contribution in [-0.2, 0) is 16.2 Å². The lowest BCUT2D eigenvalue weighted by molar-refractivity contribution is -0.125. The molecule has 0 spiro atoms. The first-order valence-electron chi connectivity index (χ1n) is 11.6. The zero-order valence-electron chi connectivity index (χ0n) is 20.2. The number of fused-ring (bicyclic) bond motifs is 1. The van der Waals surface area contributed by atoms with Gasteiger partial charge in [-0.2, -0.15) is 5.10 Å². The second-order valence-corrected chi connectivity index (χ2v) is 9.54. The zero-order chi connectivity index (χ0) is 27.1. The van der Waals surface area contributed by atoms with E-state index < -0.39 is 35.9 Å². The van der Waals surface area contributed by atoms with E-state index in [0.29, 0.717) is 34.6 Å². The number of anilines is 1. The number of oxime groups is 1. The Kier molecular flexibility index (Phi) is 6.61. The van der Waals surface area contributed by atoms with Crippen molar-refractivity contribution < 1.29 is 27.6 Å². The third-order valence-corrected chi connectivity index (χ3v) is 7.31. The van der Waals surface area contributed by atoms with E-state index in [1.54, 1.807) is 17.8 Å². The van der Waals surface area contributed by atoms with E-state index >= 15 is 0 Å². The first-order valence-corrected chi connectivity index (χ1v) is 12.4. The fourth-order valence-electron chi connectivity index (χ4n) is 4.30. The number of aromatic nitrogens is 3. The molecule has 2 amide bonds. The van der Waals surface area contributed by atoms with Crippen LogP contribution in [0, 0.1) is 12.7 Å². The Morgan fingerprint density at radius 1 is 1.26 bits per heavy atom. The average molecular weight is 543 g/mol. The van der Waals surface area contributed by atoms with Gasteiger partial charge in [0.25, 0.3) is 18.2 Å². The summed E-state index contributed by atoms with van der Waals surface area (Å²) < 4.78 is 42.5. The minimum Gasteiger partial charge on any atom is -0.382 e. The highest BCUT2D eigenvalue weighted by molar-refractivity contribution is 7.21. The number of alkyl halides is 2. The Labute approximate surface area is 218 Å². The molecule has 5 rings (SSSR count). The van der Waals surface area contributed by atoms with Crippen molar-refractivity contribution in [3.63, 3.8) is 0 Å². The molecule has 4 heterocycles.